The van der Waals surface area contributed by atoms with E-state index in [1.165, 1.54) is 0 Å². The first-order valence-corrected chi connectivity index (χ1v) is 6.87. The first kappa shape index (κ1) is 13.7. The van der Waals surface area contributed by atoms with E-state index < -0.39 is 0 Å². The van der Waals surface area contributed by atoms with Crippen LogP contribution in [0.1, 0.15) is 6.92 Å². The quantitative estimate of drug-likeness (QED) is 0.905. The standard InChI is InChI=1S/C14H22ClN3/c1-11-9-18(12(8-16-2)10-17(11)3)14-7-5-4-6-13(14)15/h4-7,11-12,16H,8-10H2,1-3H3. The van der Waals surface area contributed by atoms with Crippen LogP contribution in [0, 0.1) is 0 Å². The maximum atomic E-state index is 6.33. The molecule has 2 atom stereocenters. The molecule has 4 heteroatoms. The number of para-hydroxylation sites is 1. The molecule has 18 heavy (non-hydrogen) atoms. The molecule has 0 bridgehead atoms. The van der Waals surface area contributed by atoms with E-state index in [4.69, 9.17) is 11.6 Å². The highest BCUT2D eigenvalue weighted by atomic mass is 35.5. The zero-order valence-electron chi connectivity index (χ0n) is 11.4. The number of nitrogens with one attached hydrogen (secondary N) is 1. The summed E-state index contributed by atoms with van der Waals surface area (Å²) in [6.45, 7) is 5.32. The van der Waals surface area contributed by atoms with Crippen molar-refractivity contribution < 1.29 is 0 Å². The Hall–Kier alpha value is -0.770. The molecule has 1 heterocycles. The topological polar surface area (TPSA) is 18.5 Å². The Morgan fingerprint density at radius 1 is 1.33 bits per heavy atom. The normalized spacial score (nSPS) is 25.4. The van der Waals surface area contributed by atoms with E-state index in [2.05, 4.69) is 41.2 Å². The van der Waals surface area contributed by atoms with Gasteiger partial charge in [0.2, 0.25) is 0 Å². The third-order valence-corrected chi connectivity index (χ3v) is 4.07. The van der Waals surface area contributed by atoms with Gasteiger partial charge in [-0.15, -0.1) is 0 Å². The van der Waals surface area contributed by atoms with Gasteiger partial charge in [-0.1, -0.05) is 23.7 Å². The van der Waals surface area contributed by atoms with Crippen LogP contribution in [0.2, 0.25) is 5.02 Å². The first-order chi connectivity index (χ1) is 8.63. The summed E-state index contributed by atoms with van der Waals surface area (Å²) in [6.07, 6.45) is 0. The molecule has 2 unspecified atom stereocenters. The molecule has 0 aliphatic carbocycles. The number of rotatable bonds is 3. The van der Waals surface area contributed by atoms with Crippen LogP contribution in [0.25, 0.3) is 0 Å². The fourth-order valence-corrected chi connectivity index (χ4v) is 2.82. The van der Waals surface area contributed by atoms with Crippen molar-refractivity contribution in [3.05, 3.63) is 29.3 Å². The van der Waals surface area contributed by atoms with Crippen molar-refractivity contribution in [2.45, 2.75) is 19.0 Å². The Kier molecular flexibility index (Phi) is 4.49. The molecule has 1 aromatic carbocycles. The average molecular weight is 268 g/mol. The van der Waals surface area contributed by atoms with E-state index in [0.717, 1.165) is 30.3 Å². The van der Waals surface area contributed by atoms with Crippen molar-refractivity contribution >= 4 is 17.3 Å². The minimum absolute atomic E-state index is 0.469. The zero-order valence-corrected chi connectivity index (χ0v) is 12.1. The molecule has 1 fully saturated rings. The number of halogens is 1. The van der Waals surface area contributed by atoms with Gasteiger partial charge in [0.1, 0.15) is 0 Å². The lowest BCUT2D eigenvalue weighted by atomic mass is 10.1. The number of hydrogen-bond donors (Lipinski definition) is 1. The minimum Gasteiger partial charge on any atom is -0.363 e. The van der Waals surface area contributed by atoms with Gasteiger partial charge in [0.15, 0.2) is 0 Å². The number of hydrogen-bond acceptors (Lipinski definition) is 3. The summed E-state index contributed by atoms with van der Waals surface area (Å²) in [5.41, 5.74) is 1.15. The predicted molar refractivity (Wildman–Crippen MR) is 78.6 cm³/mol. The highest BCUT2D eigenvalue weighted by Gasteiger charge is 2.30. The van der Waals surface area contributed by atoms with Crippen molar-refractivity contribution in [2.75, 3.05) is 38.6 Å². The number of benzene rings is 1. The van der Waals surface area contributed by atoms with Gasteiger partial charge >= 0.3 is 0 Å². The Bertz CT molecular complexity index is 396. The van der Waals surface area contributed by atoms with E-state index in [-0.39, 0.29) is 0 Å². The molecule has 2 rings (SSSR count). The summed E-state index contributed by atoms with van der Waals surface area (Å²) in [6, 6.07) is 9.14. The summed E-state index contributed by atoms with van der Waals surface area (Å²) in [4.78, 5) is 4.85. The Balaban J connectivity index is 2.25. The number of nitrogens with zero attached hydrogens (tertiary/aromatic N) is 2. The van der Waals surface area contributed by atoms with Crippen LogP contribution in [-0.2, 0) is 0 Å². The molecular formula is C14H22ClN3. The van der Waals surface area contributed by atoms with E-state index in [0.29, 0.717) is 12.1 Å². The van der Waals surface area contributed by atoms with Crippen molar-refractivity contribution in [3.8, 4) is 0 Å². The van der Waals surface area contributed by atoms with E-state index in [9.17, 15) is 0 Å². The van der Waals surface area contributed by atoms with Gasteiger partial charge in [-0.05, 0) is 33.2 Å². The third-order valence-electron chi connectivity index (χ3n) is 3.75. The summed E-state index contributed by atoms with van der Waals surface area (Å²) < 4.78 is 0. The van der Waals surface area contributed by atoms with E-state index in [1.54, 1.807) is 0 Å². The summed E-state index contributed by atoms with van der Waals surface area (Å²) in [5.74, 6) is 0. The fourth-order valence-electron chi connectivity index (χ4n) is 2.57. The molecule has 0 spiro atoms. The van der Waals surface area contributed by atoms with Crippen molar-refractivity contribution in [2.24, 2.45) is 0 Å². The molecule has 1 saturated heterocycles. The molecule has 3 nitrogen and oxygen atoms in total. The van der Waals surface area contributed by atoms with Crippen LogP contribution >= 0.6 is 11.6 Å². The zero-order chi connectivity index (χ0) is 13.1. The number of piperazine rings is 1. The van der Waals surface area contributed by atoms with Crippen LogP contribution in [0.15, 0.2) is 24.3 Å². The molecule has 0 aromatic heterocycles. The molecule has 0 amide bonds. The van der Waals surface area contributed by atoms with Gasteiger partial charge in [0.25, 0.3) is 0 Å². The lowest BCUT2D eigenvalue weighted by Crippen LogP contribution is -2.59. The van der Waals surface area contributed by atoms with Gasteiger partial charge in [0, 0.05) is 25.7 Å². The second-order valence-corrected chi connectivity index (χ2v) is 5.51. The molecule has 1 aliphatic heterocycles. The van der Waals surface area contributed by atoms with Gasteiger partial charge in [-0.2, -0.15) is 0 Å². The Morgan fingerprint density at radius 3 is 2.72 bits per heavy atom. The smallest absolute Gasteiger partial charge is 0.0639 e. The maximum absolute atomic E-state index is 6.33. The first-order valence-electron chi connectivity index (χ1n) is 6.49. The Labute approximate surface area is 115 Å². The molecule has 0 saturated carbocycles. The summed E-state index contributed by atoms with van der Waals surface area (Å²) in [5, 5.41) is 4.12. The van der Waals surface area contributed by atoms with Gasteiger partial charge in [-0.25, -0.2) is 0 Å². The molecule has 1 N–H and O–H groups in total. The second-order valence-electron chi connectivity index (χ2n) is 5.10. The minimum atomic E-state index is 0.469. The molecule has 1 aromatic rings. The van der Waals surface area contributed by atoms with Crippen LogP contribution in [0.3, 0.4) is 0 Å². The van der Waals surface area contributed by atoms with Crippen LogP contribution in [-0.4, -0.2) is 50.7 Å². The number of likely N-dealkylation sites (N-methyl/N-ethyl adjacent to an activating group) is 2. The largest absolute Gasteiger partial charge is 0.363 e. The average Bonchev–Trinajstić information content (AvgIpc) is 2.35. The molecule has 100 valence electrons. The van der Waals surface area contributed by atoms with E-state index in [1.807, 2.05) is 19.2 Å². The summed E-state index contributed by atoms with van der Waals surface area (Å²) >= 11 is 6.33. The van der Waals surface area contributed by atoms with Crippen LogP contribution in [0.5, 0.6) is 0 Å². The third kappa shape index (κ3) is 2.79. The van der Waals surface area contributed by atoms with Crippen LogP contribution < -0.4 is 10.2 Å². The van der Waals surface area contributed by atoms with Gasteiger partial charge in [-0.3, -0.25) is 4.90 Å². The Morgan fingerprint density at radius 2 is 2.06 bits per heavy atom. The lowest BCUT2D eigenvalue weighted by Gasteiger charge is -2.45. The van der Waals surface area contributed by atoms with Crippen LogP contribution in [0.4, 0.5) is 5.69 Å². The van der Waals surface area contributed by atoms with Crippen molar-refractivity contribution in [1.82, 2.24) is 10.2 Å². The number of anilines is 1. The molecule has 0 radical (unpaired) electrons. The monoisotopic (exact) mass is 267 g/mol. The highest BCUT2D eigenvalue weighted by Crippen LogP contribution is 2.29. The highest BCUT2D eigenvalue weighted by molar-refractivity contribution is 6.33. The van der Waals surface area contributed by atoms with Crippen molar-refractivity contribution in [1.29, 1.82) is 0 Å². The van der Waals surface area contributed by atoms with E-state index >= 15 is 0 Å². The SMILES string of the molecule is CNCC1CN(C)C(C)CN1c1ccccc1Cl. The predicted octanol–water partition coefficient (Wildman–Crippen LogP) is 2.07. The van der Waals surface area contributed by atoms with Gasteiger partial charge in [0.05, 0.1) is 16.8 Å². The van der Waals surface area contributed by atoms with Crippen molar-refractivity contribution in [3.63, 3.8) is 0 Å². The summed E-state index contributed by atoms with van der Waals surface area (Å²) in [7, 11) is 4.19. The fraction of sp³-hybridized carbons (Fsp3) is 0.571. The lowest BCUT2D eigenvalue weighted by molar-refractivity contribution is 0.199. The maximum Gasteiger partial charge on any atom is 0.0639 e. The molecular weight excluding hydrogens is 246 g/mol. The second kappa shape index (κ2) is 5.91. The molecule has 1 aliphatic rings. The van der Waals surface area contributed by atoms with Gasteiger partial charge < -0.3 is 10.2 Å².